The molecule has 0 spiro atoms. The van der Waals surface area contributed by atoms with Crippen LogP contribution in [-0.2, 0) is 23.0 Å². The van der Waals surface area contributed by atoms with Crippen LogP contribution in [-0.4, -0.2) is 21.0 Å². The molecule has 1 aromatic heterocycles. The van der Waals surface area contributed by atoms with E-state index in [1.54, 1.807) is 12.1 Å². The van der Waals surface area contributed by atoms with Crippen LogP contribution >= 0.6 is 11.3 Å². The van der Waals surface area contributed by atoms with Gasteiger partial charge in [0.2, 0.25) is 0 Å². The van der Waals surface area contributed by atoms with E-state index in [4.69, 9.17) is 4.18 Å². The Morgan fingerprint density at radius 1 is 1.12 bits per heavy atom. The van der Waals surface area contributed by atoms with Gasteiger partial charge in [-0.05, 0) is 48.4 Å². The van der Waals surface area contributed by atoms with Gasteiger partial charge >= 0.3 is 16.5 Å². The fourth-order valence-electron chi connectivity index (χ4n) is 4.02. The van der Waals surface area contributed by atoms with Crippen LogP contribution < -0.4 is 14.3 Å². The summed E-state index contributed by atoms with van der Waals surface area (Å²) < 4.78 is 72.2. The molecular weight excluding hydrogens is 477 g/mol. The topological polar surface area (TPSA) is 69.7 Å². The largest absolute Gasteiger partial charge is 0.573 e. The van der Waals surface area contributed by atoms with Crippen LogP contribution in [0, 0.1) is 5.41 Å². The minimum Gasteiger partial charge on any atom is -0.401 e. The van der Waals surface area contributed by atoms with Gasteiger partial charge < -0.3 is 8.92 Å². The van der Waals surface area contributed by atoms with E-state index in [-0.39, 0.29) is 16.4 Å². The summed E-state index contributed by atoms with van der Waals surface area (Å²) in [5, 5.41) is 0.504. The van der Waals surface area contributed by atoms with Crippen molar-refractivity contribution < 1.29 is 30.5 Å². The molecule has 0 unspecified atom stereocenters. The smallest absolute Gasteiger partial charge is 0.401 e. The normalized spacial score (nSPS) is 15.8. The predicted octanol–water partition coefficient (Wildman–Crippen LogP) is 5.68. The van der Waals surface area contributed by atoms with Crippen molar-refractivity contribution in [3.8, 4) is 22.6 Å². The second kappa shape index (κ2) is 8.02. The molecule has 0 amide bonds. The number of halogens is 3. The summed E-state index contributed by atoms with van der Waals surface area (Å²) in [6, 6.07) is 8.59. The van der Waals surface area contributed by atoms with Gasteiger partial charge in [0.25, 0.3) is 0 Å². The predicted molar refractivity (Wildman–Crippen MR) is 121 cm³/mol. The summed E-state index contributed by atoms with van der Waals surface area (Å²) in [5.41, 5.74) is 1.15. The van der Waals surface area contributed by atoms with Crippen molar-refractivity contribution in [1.82, 2.24) is 0 Å². The van der Waals surface area contributed by atoms with Gasteiger partial charge in [-0.2, -0.15) is 8.42 Å². The van der Waals surface area contributed by atoms with Gasteiger partial charge in [-0.3, -0.25) is 4.79 Å². The van der Waals surface area contributed by atoms with Gasteiger partial charge in [-0.1, -0.05) is 32.0 Å². The summed E-state index contributed by atoms with van der Waals surface area (Å²) in [5.74, 6) is -1.34. The molecular formula is C23H21F3O5S2. The van der Waals surface area contributed by atoms with Crippen molar-refractivity contribution in [3.05, 3.63) is 57.1 Å². The first-order chi connectivity index (χ1) is 15.2. The maximum absolute atomic E-state index is 13.2. The number of fused-ring (bicyclic) bond motifs is 2. The number of hydrogen-bond acceptors (Lipinski definition) is 6. The molecule has 0 fully saturated rings. The molecule has 176 valence electrons. The molecule has 0 radical (unpaired) electrons. The van der Waals surface area contributed by atoms with E-state index >= 15 is 0 Å². The van der Waals surface area contributed by atoms with E-state index in [2.05, 4.69) is 18.6 Å². The lowest BCUT2D eigenvalue weighted by atomic mass is 9.77. The van der Waals surface area contributed by atoms with Gasteiger partial charge in [0.1, 0.15) is 0 Å². The van der Waals surface area contributed by atoms with E-state index < -0.39 is 28.0 Å². The number of para-hydroxylation sites is 1. The van der Waals surface area contributed by atoms with Crippen LogP contribution in [0.3, 0.4) is 0 Å². The van der Waals surface area contributed by atoms with Crippen LogP contribution in [0.2, 0.25) is 0 Å². The van der Waals surface area contributed by atoms with Gasteiger partial charge in [-0.15, -0.1) is 24.5 Å². The highest BCUT2D eigenvalue weighted by molar-refractivity contribution is 7.86. The molecule has 2 aromatic carbocycles. The quantitative estimate of drug-likeness (QED) is 0.433. The monoisotopic (exact) mass is 498 g/mol. The number of hydrogen-bond donors (Lipinski definition) is 0. The Morgan fingerprint density at radius 3 is 2.52 bits per heavy atom. The van der Waals surface area contributed by atoms with E-state index in [0.717, 1.165) is 35.6 Å². The fourth-order valence-corrected chi connectivity index (χ4v) is 5.98. The van der Waals surface area contributed by atoms with Crippen molar-refractivity contribution in [3.63, 3.8) is 0 Å². The van der Waals surface area contributed by atoms with Crippen LogP contribution in [0.4, 0.5) is 13.2 Å². The Hall–Kier alpha value is -2.59. The van der Waals surface area contributed by atoms with Gasteiger partial charge in [0.15, 0.2) is 16.9 Å². The van der Waals surface area contributed by atoms with Gasteiger partial charge in [0, 0.05) is 26.1 Å². The molecule has 0 aliphatic heterocycles. The number of rotatable bonds is 4. The van der Waals surface area contributed by atoms with Crippen molar-refractivity contribution in [1.29, 1.82) is 0 Å². The van der Waals surface area contributed by atoms with E-state index in [1.807, 2.05) is 0 Å². The second-order valence-corrected chi connectivity index (χ2v) is 11.6. The molecule has 0 atom stereocenters. The Labute approximate surface area is 192 Å². The van der Waals surface area contributed by atoms with Crippen molar-refractivity contribution in [2.45, 2.75) is 39.5 Å². The lowest BCUT2D eigenvalue weighted by Gasteiger charge is -2.30. The summed E-state index contributed by atoms with van der Waals surface area (Å²) in [6.07, 6.45) is -1.98. The Bertz CT molecular complexity index is 1410. The maximum atomic E-state index is 13.2. The van der Waals surface area contributed by atoms with E-state index in [0.29, 0.717) is 22.1 Å². The van der Waals surface area contributed by atoms with Crippen LogP contribution in [0.15, 0.2) is 41.2 Å². The van der Waals surface area contributed by atoms with E-state index in [9.17, 15) is 26.4 Å². The zero-order valence-corrected chi connectivity index (χ0v) is 19.7. The first kappa shape index (κ1) is 23.6. The minimum atomic E-state index is -5.07. The average molecular weight is 499 g/mol. The Morgan fingerprint density at radius 2 is 1.85 bits per heavy atom. The van der Waals surface area contributed by atoms with Crippen LogP contribution in [0.25, 0.3) is 21.2 Å². The molecule has 5 nitrogen and oxygen atoms in total. The third kappa shape index (κ3) is 5.16. The SMILES string of the molecule is CC1(C)CCc2c(sc3cc(-c4cccc(OS(C)(=O)=O)c4OC(F)(F)F)ccc3c2=O)C1. The summed E-state index contributed by atoms with van der Waals surface area (Å²) >= 11 is 1.46. The molecule has 3 aromatic rings. The highest BCUT2D eigenvalue weighted by Gasteiger charge is 2.35. The van der Waals surface area contributed by atoms with Crippen molar-refractivity contribution in [2.75, 3.05) is 6.26 Å². The first-order valence-electron chi connectivity index (χ1n) is 10.1. The zero-order valence-electron chi connectivity index (χ0n) is 18.1. The maximum Gasteiger partial charge on any atom is 0.573 e. The zero-order chi connectivity index (χ0) is 24.2. The summed E-state index contributed by atoms with van der Waals surface area (Å²) in [6.45, 7) is 4.28. The molecule has 0 bridgehead atoms. The summed E-state index contributed by atoms with van der Waals surface area (Å²) in [4.78, 5) is 14.0. The lowest BCUT2D eigenvalue weighted by molar-refractivity contribution is -0.274. The molecule has 0 saturated carbocycles. The number of ether oxygens (including phenoxy) is 1. The number of alkyl halides is 3. The van der Waals surface area contributed by atoms with E-state index in [1.165, 1.54) is 29.5 Å². The minimum absolute atomic E-state index is 0.00641. The molecule has 4 rings (SSSR count). The third-order valence-electron chi connectivity index (χ3n) is 5.51. The highest BCUT2D eigenvalue weighted by atomic mass is 32.2. The molecule has 0 saturated heterocycles. The lowest BCUT2D eigenvalue weighted by Crippen LogP contribution is -2.26. The standard InChI is InChI=1S/C23H21F3O5S2/c1-22(2)10-9-16-19(12-22)32-18-11-13(7-8-15(18)20(16)27)14-5-4-6-17(31-33(3,28)29)21(14)30-23(24,25)26/h4-8,11H,9-10,12H2,1-3H3. The van der Waals surface area contributed by atoms with Gasteiger partial charge in [0.05, 0.1) is 6.26 Å². The third-order valence-corrected chi connectivity index (χ3v) is 7.19. The van der Waals surface area contributed by atoms with Crippen molar-refractivity contribution in [2.24, 2.45) is 5.41 Å². The molecule has 1 heterocycles. The van der Waals surface area contributed by atoms with Crippen LogP contribution in [0.1, 0.15) is 30.7 Å². The molecule has 1 aliphatic rings. The van der Waals surface area contributed by atoms with Gasteiger partial charge in [-0.25, -0.2) is 0 Å². The average Bonchev–Trinajstić information content (AvgIpc) is 2.66. The molecule has 0 N–H and O–H groups in total. The number of benzene rings is 2. The fraction of sp³-hybridized carbons (Fsp3) is 0.348. The second-order valence-electron chi connectivity index (χ2n) is 8.85. The first-order valence-corrected chi connectivity index (χ1v) is 12.7. The molecule has 1 aliphatic carbocycles. The Balaban J connectivity index is 1.90. The van der Waals surface area contributed by atoms with Crippen LogP contribution in [0.5, 0.6) is 11.5 Å². The molecule has 33 heavy (non-hydrogen) atoms. The summed E-state index contributed by atoms with van der Waals surface area (Å²) in [7, 11) is -4.10. The van der Waals surface area contributed by atoms with Crippen molar-refractivity contribution >= 4 is 31.5 Å². The molecule has 10 heteroatoms. The Kier molecular flexibility index (Phi) is 5.73. The highest BCUT2D eigenvalue weighted by Crippen LogP contribution is 2.43.